The van der Waals surface area contributed by atoms with Crippen molar-refractivity contribution in [3.63, 3.8) is 0 Å². The molecule has 118 valence electrons. The number of pyridine rings is 1. The molecule has 3 aromatic rings. The molecule has 0 aliphatic heterocycles. The molecule has 23 heavy (non-hydrogen) atoms. The van der Waals surface area contributed by atoms with Crippen LogP contribution in [0.1, 0.15) is 17.6 Å². The van der Waals surface area contributed by atoms with Crippen LogP contribution in [0.4, 0.5) is 17.6 Å². The van der Waals surface area contributed by atoms with Crippen molar-refractivity contribution in [2.75, 3.05) is 0 Å². The predicted octanol–water partition coefficient (Wildman–Crippen LogP) is 4.21. The largest absolute Gasteiger partial charge is 0.268 e. The van der Waals surface area contributed by atoms with Gasteiger partial charge in [0.2, 0.25) is 0 Å². The first-order valence-electron chi connectivity index (χ1n) is 6.74. The first-order valence-corrected chi connectivity index (χ1v) is 6.74. The predicted molar refractivity (Wildman–Crippen MR) is 75.9 cm³/mol. The molecule has 0 amide bonds. The van der Waals surface area contributed by atoms with Crippen molar-refractivity contribution in [3.8, 4) is 11.3 Å². The highest BCUT2D eigenvalue weighted by atomic mass is 19.3. The number of hydrogen-bond donors (Lipinski definition) is 0. The summed E-state index contributed by atoms with van der Waals surface area (Å²) in [6.07, 6.45) is 1.78. The summed E-state index contributed by atoms with van der Waals surface area (Å²) < 4.78 is 54.6. The van der Waals surface area contributed by atoms with Gasteiger partial charge in [-0.15, -0.1) is 0 Å². The number of rotatable bonds is 4. The lowest BCUT2D eigenvalue weighted by Crippen LogP contribution is -2.02. The lowest BCUT2D eigenvalue weighted by atomic mass is 10.1. The number of benzene rings is 1. The van der Waals surface area contributed by atoms with Gasteiger partial charge in [0, 0.05) is 24.2 Å². The molecule has 0 atom stereocenters. The van der Waals surface area contributed by atoms with Gasteiger partial charge in [-0.3, -0.25) is 9.67 Å². The third kappa shape index (κ3) is 3.23. The van der Waals surface area contributed by atoms with Gasteiger partial charge >= 0.3 is 0 Å². The standard InChI is InChI=1S/C16H11F4N3/c17-13-3-2-11(7-12(13)16(19)20)15-14(18)6-10(8-21-15)9-23-5-1-4-22-23/h1-8,16H,9H2. The number of aromatic nitrogens is 3. The van der Waals surface area contributed by atoms with Crippen molar-refractivity contribution in [3.05, 3.63) is 71.7 Å². The minimum atomic E-state index is -2.97. The summed E-state index contributed by atoms with van der Waals surface area (Å²) in [5, 5.41) is 4.00. The van der Waals surface area contributed by atoms with Gasteiger partial charge < -0.3 is 0 Å². The third-order valence-electron chi connectivity index (χ3n) is 3.31. The second-order valence-electron chi connectivity index (χ2n) is 4.91. The molecule has 0 unspecified atom stereocenters. The summed E-state index contributed by atoms with van der Waals surface area (Å²) in [4.78, 5) is 3.98. The van der Waals surface area contributed by atoms with Crippen LogP contribution in [0.15, 0.2) is 48.9 Å². The van der Waals surface area contributed by atoms with Gasteiger partial charge in [-0.2, -0.15) is 5.10 Å². The molecule has 2 heterocycles. The van der Waals surface area contributed by atoms with E-state index in [1.54, 1.807) is 23.1 Å². The molecule has 2 aromatic heterocycles. The lowest BCUT2D eigenvalue weighted by molar-refractivity contribution is 0.146. The van der Waals surface area contributed by atoms with Gasteiger partial charge in [-0.1, -0.05) is 0 Å². The molecule has 3 nitrogen and oxygen atoms in total. The Labute approximate surface area is 129 Å². The lowest BCUT2D eigenvalue weighted by Gasteiger charge is -2.08. The molecule has 0 saturated carbocycles. The molecule has 0 N–H and O–H groups in total. The summed E-state index contributed by atoms with van der Waals surface area (Å²) in [5.41, 5.74) is -0.198. The molecule has 0 radical (unpaired) electrons. The molecule has 3 rings (SSSR count). The minimum Gasteiger partial charge on any atom is -0.268 e. The normalized spacial score (nSPS) is 11.2. The maximum Gasteiger partial charge on any atom is 0.266 e. The summed E-state index contributed by atoms with van der Waals surface area (Å²) in [6, 6.07) is 6.02. The smallest absolute Gasteiger partial charge is 0.266 e. The molecule has 0 spiro atoms. The maximum atomic E-state index is 14.2. The van der Waals surface area contributed by atoms with Crippen LogP contribution in [-0.2, 0) is 6.54 Å². The number of hydrogen-bond acceptors (Lipinski definition) is 2. The van der Waals surface area contributed by atoms with Gasteiger partial charge in [-0.05, 0) is 35.9 Å². The number of nitrogens with zero attached hydrogens (tertiary/aromatic N) is 3. The van der Waals surface area contributed by atoms with Crippen LogP contribution in [-0.4, -0.2) is 14.8 Å². The highest BCUT2D eigenvalue weighted by molar-refractivity contribution is 5.61. The molecule has 7 heteroatoms. The van der Waals surface area contributed by atoms with Crippen molar-refractivity contribution in [2.24, 2.45) is 0 Å². The zero-order chi connectivity index (χ0) is 16.4. The van der Waals surface area contributed by atoms with Crippen LogP contribution in [0.3, 0.4) is 0 Å². The topological polar surface area (TPSA) is 30.7 Å². The zero-order valence-electron chi connectivity index (χ0n) is 11.8. The second-order valence-corrected chi connectivity index (χ2v) is 4.91. The summed E-state index contributed by atoms with van der Waals surface area (Å²) in [7, 11) is 0. The van der Waals surface area contributed by atoms with Crippen LogP contribution in [0.2, 0.25) is 0 Å². The Hall–Kier alpha value is -2.70. The van der Waals surface area contributed by atoms with E-state index in [1.807, 2.05) is 0 Å². The summed E-state index contributed by atoms with van der Waals surface area (Å²) >= 11 is 0. The van der Waals surface area contributed by atoms with Gasteiger partial charge in [0.15, 0.2) is 0 Å². The van der Waals surface area contributed by atoms with Crippen molar-refractivity contribution in [2.45, 2.75) is 13.0 Å². The van der Waals surface area contributed by atoms with Crippen LogP contribution in [0.25, 0.3) is 11.3 Å². The van der Waals surface area contributed by atoms with E-state index < -0.39 is 23.6 Å². The third-order valence-corrected chi connectivity index (χ3v) is 3.31. The fourth-order valence-corrected chi connectivity index (χ4v) is 2.22. The molecule has 0 bridgehead atoms. The van der Waals surface area contributed by atoms with Crippen LogP contribution in [0.5, 0.6) is 0 Å². The van der Waals surface area contributed by atoms with E-state index in [9.17, 15) is 17.6 Å². The molecule has 0 saturated heterocycles. The van der Waals surface area contributed by atoms with Gasteiger partial charge in [0.05, 0.1) is 12.1 Å². The highest BCUT2D eigenvalue weighted by Gasteiger charge is 2.16. The van der Waals surface area contributed by atoms with E-state index >= 15 is 0 Å². The van der Waals surface area contributed by atoms with E-state index in [0.717, 1.165) is 12.1 Å². The highest BCUT2D eigenvalue weighted by Crippen LogP contribution is 2.28. The Morgan fingerprint density at radius 3 is 2.57 bits per heavy atom. The van der Waals surface area contributed by atoms with E-state index in [1.165, 1.54) is 18.3 Å². The van der Waals surface area contributed by atoms with E-state index in [4.69, 9.17) is 0 Å². The van der Waals surface area contributed by atoms with Gasteiger partial charge in [0.1, 0.15) is 17.3 Å². The van der Waals surface area contributed by atoms with Crippen molar-refractivity contribution in [1.29, 1.82) is 0 Å². The SMILES string of the molecule is Fc1ccc(-c2ncc(Cn3cccn3)cc2F)cc1C(F)F. The van der Waals surface area contributed by atoms with Crippen molar-refractivity contribution in [1.82, 2.24) is 14.8 Å². The Morgan fingerprint density at radius 2 is 1.91 bits per heavy atom. The van der Waals surface area contributed by atoms with Gasteiger partial charge in [-0.25, -0.2) is 17.6 Å². The van der Waals surface area contributed by atoms with Crippen LogP contribution in [0, 0.1) is 11.6 Å². The molecular formula is C16H11F4N3. The Kier molecular flexibility index (Phi) is 4.10. The zero-order valence-corrected chi connectivity index (χ0v) is 11.8. The molecule has 0 fully saturated rings. The Morgan fingerprint density at radius 1 is 1.09 bits per heavy atom. The monoisotopic (exact) mass is 321 g/mol. The van der Waals surface area contributed by atoms with E-state index in [0.29, 0.717) is 12.1 Å². The van der Waals surface area contributed by atoms with Crippen molar-refractivity contribution < 1.29 is 17.6 Å². The molecule has 0 aliphatic carbocycles. The molecular weight excluding hydrogens is 310 g/mol. The second kappa shape index (κ2) is 6.20. The molecule has 1 aromatic carbocycles. The maximum absolute atomic E-state index is 14.2. The fraction of sp³-hybridized carbons (Fsp3) is 0.125. The van der Waals surface area contributed by atoms with Crippen LogP contribution >= 0.6 is 0 Å². The fourth-order valence-electron chi connectivity index (χ4n) is 2.22. The van der Waals surface area contributed by atoms with Gasteiger partial charge in [0.25, 0.3) is 6.43 Å². The minimum absolute atomic E-state index is 0.101. The summed E-state index contributed by atoms with van der Waals surface area (Å²) in [6.45, 7) is 0.336. The van der Waals surface area contributed by atoms with Crippen molar-refractivity contribution >= 4 is 0 Å². The first kappa shape index (κ1) is 15.2. The quantitative estimate of drug-likeness (QED) is 0.674. The van der Waals surface area contributed by atoms with Crippen LogP contribution < -0.4 is 0 Å². The average molecular weight is 321 g/mol. The number of alkyl halides is 2. The molecule has 0 aliphatic rings. The summed E-state index contributed by atoms with van der Waals surface area (Å²) in [5.74, 6) is -1.69. The van der Waals surface area contributed by atoms with E-state index in [2.05, 4.69) is 10.1 Å². The van der Waals surface area contributed by atoms with E-state index in [-0.39, 0.29) is 11.3 Å². The first-order chi connectivity index (χ1) is 11.0. The Balaban J connectivity index is 1.93. The Bertz CT molecular complexity index is 816. The average Bonchev–Trinajstić information content (AvgIpc) is 3.01. The number of halogens is 4.